The van der Waals surface area contributed by atoms with Gasteiger partial charge in [0.1, 0.15) is 47.7 Å². The summed E-state index contributed by atoms with van der Waals surface area (Å²) in [6.07, 6.45) is 0.0324. The number of nitrogens with one attached hydrogen (secondary N) is 1. The van der Waals surface area contributed by atoms with Crippen molar-refractivity contribution >= 4 is 22.9 Å². The van der Waals surface area contributed by atoms with Gasteiger partial charge in [0.2, 0.25) is 0 Å². The van der Waals surface area contributed by atoms with Crippen LogP contribution in [0.15, 0.2) is 155 Å². The second-order valence-electron chi connectivity index (χ2n) is 12.0. The lowest BCUT2D eigenvalue weighted by Gasteiger charge is -2.23. The minimum atomic E-state index is -0.733. The molecule has 5 aromatic carbocycles. The Labute approximate surface area is 296 Å². The summed E-state index contributed by atoms with van der Waals surface area (Å²) in [5, 5.41) is 3.61. The van der Waals surface area contributed by atoms with E-state index in [4.69, 9.17) is 18.6 Å². The Morgan fingerprint density at radius 3 is 2.02 bits per heavy atom. The van der Waals surface area contributed by atoms with Gasteiger partial charge in [-0.3, -0.25) is 14.4 Å². The number of fused-ring (bicyclic) bond motifs is 1. The van der Waals surface area contributed by atoms with Crippen molar-refractivity contribution in [2.45, 2.75) is 31.5 Å². The molecule has 8 nitrogen and oxygen atoms in total. The summed E-state index contributed by atoms with van der Waals surface area (Å²) in [7, 11) is 0. The van der Waals surface area contributed by atoms with Crippen molar-refractivity contribution in [2.24, 2.45) is 0 Å². The van der Waals surface area contributed by atoms with Crippen molar-refractivity contribution in [3.05, 3.63) is 173 Å². The maximum absolute atomic E-state index is 13.9. The van der Waals surface area contributed by atoms with Crippen molar-refractivity contribution in [3.63, 3.8) is 0 Å². The summed E-state index contributed by atoms with van der Waals surface area (Å²) < 4.78 is 23.9. The fourth-order valence-electron chi connectivity index (χ4n) is 5.78. The topological polar surface area (TPSA) is 104 Å². The standard InChI is InChI=1S/C43H39NO7/c45-36-27-39(32-17-7-2-8-18-32)51-38-24-13-23-37(42(36)38)48-30-35(28-44-26-14-25-40(46)49-29-31-15-5-1-6-16-31)50-43(47)41(33-19-9-3-10-20-33)34-21-11-4-12-22-34/h1-13,15-24,27,35,41,44H,14,25-26,28-30H2. The van der Waals surface area contributed by atoms with Crippen molar-refractivity contribution in [1.82, 2.24) is 5.32 Å². The third kappa shape index (κ3) is 9.59. The molecule has 0 spiro atoms. The quantitative estimate of drug-likeness (QED) is 0.0819. The van der Waals surface area contributed by atoms with Gasteiger partial charge in [-0.05, 0) is 41.8 Å². The zero-order valence-corrected chi connectivity index (χ0v) is 28.1. The third-order valence-electron chi connectivity index (χ3n) is 8.33. The summed E-state index contributed by atoms with van der Waals surface area (Å²) in [6.45, 7) is 0.924. The van der Waals surface area contributed by atoms with Gasteiger partial charge in [0.25, 0.3) is 0 Å². The van der Waals surface area contributed by atoms with Crippen LogP contribution < -0.4 is 15.5 Å². The zero-order valence-electron chi connectivity index (χ0n) is 28.1. The Bertz CT molecular complexity index is 2030. The van der Waals surface area contributed by atoms with E-state index in [-0.39, 0.29) is 37.6 Å². The van der Waals surface area contributed by atoms with Gasteiger partial charge in [-0.1, -0.05) is 127 Å². The van der Waals surface area contributed by atoms with Crippen molar-refractivity contribution in [2.75, 3.05) is 19.7 Å². The molecule has 0 radical (unpaired) electrons. The number of hydrogen-bond acceptors (Lipinski definition) is 8. The molecule has 0 saturated heterocycles. The van der Waals surface area contributed by atoms with Gasteiger partial charge >= 0.3 is 11.9 Å². The van der Waals surface area contributed by atoms with E-state index in [1.54, 1.807) is 18.2 Å². The molecule has 0 aliphatic carbocycles. The van der Waals surface area contributed by atoms with Gasteiger partial charge in [-0.2, -0.15) is 0 Å². The van der Waals surface area contributed by atoms with E-state index in [9.17, 15) is 14.4 Å². The fourth-order valence-corrected chi connectivity index (χ4v) is 5.78. The van der Waals surface area contributed by atoms with Crippen LogP contribution in [0.25, 0.3) is 22.3 Å². The van der Waals surface area contributed by atoms with Gasteiger partial charge in [-0.15, -0.1) is 0 Å². The highest BCUT2D eigenvalue weighted by Gasteiger charge is 2.27. The average Bonchev–Trinajstić information content (AvgIpc) is 3.17. The molecule has 0 amide bonds. The molecular weight excluding hydrogens is 642 g/mol. The normalized spacial score (nSPS) is 11.6. The van der Waals surface area contributed by atoms with Crippen molar-refractivity contribution < 1.29 is 28.2 Å². The van der Waals surface area contributed by atoms with E-state index >= 15 is 0 Å². The molecule has 0 fully saturated rings. The Balaban J connectivity index is 1.15. The molecule has 1 unspecified atom stereocenters. The number of rotatable bonds is 16. The zero-order chi connectivity index (χ0) is 35.3. The minimum absolute atomic E-state index is 0.0346. The molecule has 0 aliphatic rings. The number of carbonyl (C=O) groups is 2. The van der Waals surface area contributed by atoms with Gasteiger partial charge in [0.15, 0.2) is 5.43 Å². The first kappa shape index (κ1) is 34.9. The highest BCUT2D eigenvalue weighted by Crippen LogP contribution is 2.29. The van der Waals surface area contributed by atoms with Gasteiger partial charge < -0.3 is 23.9 Å². The predicted molar refractivity (Wildman–Crippen MR) is 196 cm³/mol. The Morgan fingerprint density at radius 2 is 1.35 bits per heavy atom. The second kappa shape index (κ2) is 17.6. The summed E-state index contributed by atoms with van der Waals surface area (Å²) >= 11 is 0. The molecule has 51 heavy (non-hydrogen) atoms. The summed E-state index contributed by atoms with van der Waals surface area (Å²) in [5.41, 5.74) is 3.46. The van der Waals surface area contributed by atoms with E-state index in [2.05, 4.69) is 5.32 Å². The smallest absolute Gasteiger partial charge is 0.318 e. The maximum atomic E-state index is 13.9. The lowest BCUT2D eigenvalue weighted by molar-refractivity contribution is -0.151. The molecule has 0 saturated carbocycles. The monoisotopic (exact) mass is 681 g/mol. The molecule has 0 aliphatic heterocycles. The average molecular weight is 682 g/mol. The van der Waals surface area contributed by atoms with Gasteiger partial charge in [-0.25, -0.2) is 0 Å². The first-order valence-corrected chi connectivity index (χ1v) is 17.0. The Hall–Kier alpha value is -5.99. The number of esters is 2. The maximum Gasteiger partial charge on any atom is 0.318 e. The molecule has 258 valence electrons. The van der Waals surface area contributed by atoms with Crippen LogP contribution in [-0.4, -0.2) is 37.7 Å². The molecule has 1 atom stereocenters. The number of ether oxygens (including phenoxy) is 3. The van der Waals surface area contributed by atoms with Crippen LogP contribution in [0, 0.1) is 0 Å². The minimum Gasteiger partial charge on any atom is -0.489 e. The number of carbonyl (C=O) groups excluding carboxylic acids is 2. The summed E-state index contributed by atoms with van der Waals surface area (Å²) in [6, 6.07) is 44.6. The second-order valence-corrected chi connectivity index (χ2v) is 12.0. The third-order valence-corrected chi connectivity index (χ3v) is 8.33. The molecule has 8 heteroatoms. The van der Waals surface area contributed by atoms with E-state index in [1.807, 2.05) is 121 Å². The first-order valence-electron chi connectivity index (χ1n) is 17.0. The molecule has 6 aromatic rings. The van der Waals surface area contributed by atoms with Crippen LogP contribution >= 0.6 is 0 Å². The first-order chi connectivity index (χ1) is 25.0. The van der Waals surface area contributed by atoms with Gasteiger partial charge in [0.05, 0.1) is 0 Å². The highest BCUT2D eigenvalue weighted by molar-refractivity contribution is 5.85. The SMILES string of the molecule is O=C(CCCNCC(COc1cccc2oc(-c3ccccc3)cc(=O)c12)OC(=O)C(c1ccccc1)c1ccccc1)OCc1ccccc1. The molecule has 6 rings (SSSR count). The van der Waals surface area contributed by atoms with Crippen LogP contribution in [0.4, 0.5) is 0 Å². The van der Waals surface area contributed by atoms with E-state index < -0.39 is 18.0 Å². The van der Waals surface area contributed by atoms with Crippen LogP contribution in [-0.2, 0) is 25.7 Å². The van der Waals surface area contributed by atoms with Crippen molar-refractivity contribution in [1.29, 1.82) is 0 Å². The summed E-state index contributed by atoms with van der Waals surface area (Å²) in [4.78, 5) is 39.6. The van der Waals surface area contributed by atoms with E-state index in [0.717, 1.165) is 22.3 Å². The fraction of sp³-hybridized carbons (Fsp3) is 0.186. The Morgan fingerprint density at radius 1 is 0.725 bits per heavy atom. The molecule has 1 aromatic heterocycles. The van der Waals surface area contributed by atoms with Crippen molar-refractivity contribution in [3.8, 4) is 17.1 Å². The lowest BCUT2D eigenvalue weighted by Crippen LogP contribution is -2.37. The van der Waals surface area contributed by atoms with E-state index in [0.29, 0.717) is 35.4 Å². The van der Waals surface area contributed by atoms with Crippen LogP contribution in [0.1, 0.15) is 35.4 Å². The molecule has 1 N–H and O–H groups in total. The predicted octanol–water partition coefficient (Wildman–Crippen LogP) is 7.70. The Kier molecular flexibility index (Phi) is 12.0. The van der Waals surface area contributed by atoms with Crippen LogP contribution in [0.5, 0.6) is 5.75 Å². The lowest BCUT2D eigenvalue weighted by atomic mass is 9.91. The summed E-state index contributed by atoms with van der Waals surface area (Å²) in [5.74, 6) is -0.595. The van der Waals surface area contributed by atoms with Gasteiger partial charge in [0, 0.05) is 24.6 Å². The van der Waals surface area contributed by atoms with Crippen LogP contribution in [0.2, 0.25) is 0 Å². The molecule has 1 heterocycles. The number of benzene rings is 5. The van der Waals surface area contributed by atoms with E-state index in [1.165, 1.54) is 6.07 Å². The highest BCUT2D eigenvalue weighted by atomic mass is 16.6. The van der Waals surface area contributed by atoms with Crippen LogP contribution in [0.3, 0.4) is 0 Å². The molecule has 0 bridgehead atoms. The number of hydrogen-bond donors (Lipinski definition) is 1. The molecular formula is C43H39NO7. The largest absolute Gasteiger partial charge is 0.489 e.